The minimum Gasteiger partial charge on any atom is -0.497 e. The van der Waals surface area contributed by atoms with Crippen LogP contribution in [0.5, 0.6) is 5.75 Å². The van der Waals surface area contributed by atoms with Crippen molar-refractivity contribution in [2.24, 2.45) is 0 Å². The predicted octanol–water partition coefficient (Wildman–Crippen LogP) is 0.612. The number of hydrogen-bond acceptors (Lipinski definition) is 8. The molecule has 2 N–H and O–H groups in total. The number of thiazole rings is 1. The van der Waals surface area contributed by atoms with E-state index in [4.69, 9.17) is 9.47 Å². The molecule has 0 spiro atoms. The van der Waals surface area contributed by atoms with Crippen molar-refractivity contribution in [2.75, 3.05) is 38.3 Å². The van der Waals surface area contributed by atoms with Crippen LogP contribution in [0.4, 0.5) is 5.13 Å². The first-order chi connectivity index (χ1) is 12.5. The zero-order valence-electron chi connectivity index (χ0n) is 14.0. The summed E-state index contributed by atoms with van der Waals surface area (Å²) >= 11 is 1.33. The number of amides is 1. The molecule has 1 saturated heterocycles. The van der Waals surface area contributed by atoms with Crippen molar-refractivity contribution in [3.63, 3.8) is 0 Å². The van der Waals surface area contributed by atoms with Crippen molar-refractivity contribution in [2.45, 2.75) is 4.90 Å². The Kier molecular flexibility index (Phi) is 5.71. The normalized spacial score (nSPS) is 14.9. The fraction of sp³-hybridized carbons (Fsp3) is 0.333. The van der Waals surface area contributed by atoms with Crippen LogP contribution in [-0.2, 0) is 14.8 Å². The van der Waals surface area contributed by atoms with Crippen molar-refractivity contribution < 1.29 is 22.7 Å². The highest BCUT2D eigenvalue weighted by atomic mass is 32.2. The quantitative estimate of drug-likeness (QED) is 0.686. The van der Waals surface area contributed by atoms with E-state index in [1.165, 1.54) is 42.7 Å². The van der Waals surface area contributed by atoms with E-state index < -0.39 is 15.9 Å². The van der Waals surface area contributed by atoms with Gasteiger partial charge in [-0.25, -0.2) is 13.4 Å². The summed E-state index contributed by atoms with van der Waals surface area (Å²) in [5, 5.41) is 2.29. The third-order valence-electron chi connectivity index (χ3n) is 3.67. The van der Waals surface area contributed by atoms with Gasteiger partial charge in [0, 0.05) is 18.5 Å². The second-order valence-electron chi connectivity index (χ2n) is 5.35. The van der Waals surface area contributed by atoms with Gasteiger partial charge in [-0.3, -0.25) is 10.2 Å². The molecule has 26 heavy (non-hydrogen) atoms. The first-order valence-corrected chi connectivity index (χ1v) is 10.1. The zero-order valence-corrected chi connectivity index (χ0v) is 15.6. The minimum atomic E-state index is -3.89. The van der Waals surface area contributed by atoms with Crippen LogP contribution in [0.2, 0.25) is 0 Å². The van der Waals surface area contributed by atoms with Gasteiger partial charge in [-0.05, 0) is 24.3 Å². The average Bonchev–Trinajstić information content (AvgIpc) is 3.17. The summed E-state index contributed by atoms with van der Waals surface area (Å²) in [6.45, 7) is 2.64. The van der Waals surface area contributed by atoms with Gasteiger partial charge in [-0.2, -0.15) is 0 Å². The molecule has 11 heteroatoms. The molecule has 140 valence electrons. The highest BCUT2D eigenvalue weighted by Crippen LogP contribution is 2.21. The molecule has 1 aromatic heterocycles. The fourth-order valence-electron chi connectivity index (χ4n) is 2.26. The number of benzene rings is 1. The van der Waals surface area contributed by atoms with Crippen LogP contribution in [0.3, 0.4) is 0 Å². The third kappa shape index (κ3) is 4.30. The first kappa shape index (κ1) is 18.6. The molecule has 1 fully saturated rings. The number of morpholine rings is 1. The van der Waals surface area contributed by atoms with Crippen LogP contribution in [0.25, 0.3) is 0 Å². The lowest BCUT2D eigenvalue weighted by Gasteiger charge is -2.25. The maximum absolute atomic E-state index is 12.2. The van der Waals surface area contributed by atoms with Crippen molar-refractivity contribution in [3.05, 3.63) is 35.3 Å². The second kappa shape index (κ2) is 7.99. The molecular weight excluding hydrogens is 380 g/mol. The molecule has 0 saturated carbocycles. The van der Waals surface area contributed by atoms with Crippen LogP contribution in [0.15, 0.2) is 34.5 Å². The average molecular weight is 398 g/mol. The molecule has 3 rings (SSSR count). The van der Waals surface area contributed by atoms with E-state index in [1.807, 2.05) is 4.90 Å². The molecule has 0 atom stereocenters. The Hall–Kier alpha value is -2.21. The molecule has 0 aliphatic carbocycles. The number of carbonyl (C=O) groups excluding carboxylic acids is 1. The lowest BCUT2D eigenvalue weighted by molar-refractivity contribution is 0.0940. The largest absolute Gasteiger partial charge is 0.497 e. The molecule has 2 heterocycles. The maximum Gasteiger partial charge on any atom is 0.285 e. The number of hydrogen-bond donors (Lipinski definition) is 2. The molecule has 1 aliphatic rings. The van der Waals surface area contributed by atoms with Gasteiger partial charge in [0.05, 0.1) is 25.2 Å². The van der Waals surface area contributed by atoms with Crippen molar-refractivity contribution in [1.29, 1.82) is 0 Å². The lowest BCUT2D eigenvalue weighted by atomic mass is 10.3. The fourth-order valence-corrected chi connectivity index (χ4v) is 3.96. The van der Waals surface area contributed by atoms with Crippen molar-refractivity contribution >= 4 is 32.4 Å². The molecule has 1 amide bonds. The SMILES string of the molecule is COc1ccc(S(=O)(=O)NNC(=O)c2csc(N3CCOCC3)n2)cc1. The Morgan fingerprint density at radius 1 is 1.27 bits per heavy atom. The molecular formula is C15H18N4O5S2. The van der Waals surface area contributed by atoms with E-state index in [9.17, 15) is 13.2 Å². The molecule has 1 aliphatic heterocycles. The number of carbonyl (C=O) groups is 1. The minimum absolute atomic E-state index is 0.00545. The Morgan fingerprint density at radius 3 is 2.62 bits per heavy atom. The number of ether oxygens (including phenoxy) is 2. The van der Waals surface area contributed by atoms with Gasteiger partial charge in [0.2, 0.25) is 0 Å². The number of hydrazine groups is 1. The van der Waals surface area contributed by atoms with Gasteiger partial charge in [0.1, 0.15) is 11.4 Å². The van der Waals surface area contributed by atoms with Crippen LogP contribution >= 0.6 is 11.3 Å². The molecule has 0 radical (unpaired) electrons. The van der Waals surface area contributed by atoms with E-state index in [1.54, 1.807) is 5.38 Å². The highest BCUT2D eigenvalue weighted by Gasteiger charge is 2.19. The third-order valence-corrected chi connectivity index (χ3v) is 5.84. The summed E-state index contributed by atoms with van der Waals surface area (Å²) < 4.78 is 34.7. The van der Waals surface area contributed by atoms with Crippen LogP contribution in [0, 0.1) is 0 Å². The predicted molar refractivity (Wildman–Crippen MR) is 95.9 cm³/mol. The molecule has 0 bridgehead atoms. The van der Waals surface area contributed by atoms with Gasteiger partial charge >= 0.3 is 0 Å². The number of anilines is 1. The smallest absolute Gasteiger partial charge is 0.285 e. The van der Waals surface area contributed by atoms with Gasteiger partial charge in [-0.15, -0.1) is 16.2 Å². The van der Waals surface area contributed by atoms with Gasteiger partial charge < -0.3 is 14.4 Å². The topological polar surface area (TPSA) is 110 Å². The van der Waals surface area contributed by atoms with Crippen molar-refractivity contribution in [1.82, 2.24) is 15.2 Å². The Balaban J connectivity index is 1.61. The molecule has 2 aromatic rings. The summed E-state index contributed by atoms with van der Waals surface area (Å²) in [6.07, 6.45) is 0. The lowest BCUT2D eigenvalue weighted by Crippen LogP contribution is -2.41. The Bertz CT molecular complexity index is 860. The summed E-state index contributed by atoms with van der Waals surface area (Å²) in [4.78, 5) is 20.5. The Labute approximate surface area is 155 Å². The number of methoxy groups -OCH3 is 1. The van der Waals surface area contributed by atoms with Crippen LogP contribution in [0.1, 0.15) is 10.5 Å². The molecule has 0 unspecified atom stereocenters. The number of sulfonamides is 1. The number of aromatic nitrogens is 1. The summed E-state index contributed by atoms with van der Waals surface area (Å²) in [6, 6.07) is 5.80. The van der Waals surface area contributed by atoms with E-state index >= 15 is 0 Å². The number of nitrogens with zero attached hydrogens (tertiary/aromatic N) is 2. The van der Waals surface area contributed by atoms with Crippen LogP contribution < -0.4 is 19.9 Å². The monoisotopic (exact) mass is 398 g/mol. The number of rotatable bonds is 6. The van der Waals surface area contributed by atoms with Gasteiger partial charge in [-0.1, -0.05) is 0 Å². The van der Waals surface area contributed by atoms with E-state index in [0.717, 1.165) is 0 Å². The van der Waals surface area contributed by atoms with Gasteiger partial charge in [0.15, 0.2) is 5.13 Å². The highest BCUT2D eigenvalue weighted by molar-refractivity contribution is 7.89. The zero-order chi connectivity index (χ0) is 18.6. The second-order valence-corrected chi connectivity index (χ2v) is 7.87. The van der Waals surface area contributed by atoms with E-state index in [2.05, 4.69) is 15.2 Å². The van der Waals surface area contributed by atoms with E-state index in [0.29, 0.717) is 37.2 Å². The molecule has 1 aromatic carbocycles. The van der Waals surface area contributed by atoms with Crippen LogP contribution in [-0.4, -0.2) is 52.7 Å². The van der Waals surface area contributed by atoms with E-state index in [-0.39, 0.29) is 10.6 Å². The summed E-state index contributed by atoms with van der Waals surface area (Å²) in [7, 11) is -2.40. The summed E-state index contributed by atoms with van der Waals surface area (Å²) in [5.41, 5.74) is 2.32. The Morgan fingerprint density at radius 2 is 1.96 bits per heavy atom. The number of nitrogens with one attached hydrogen (secondary N) is 2. The molecule has 9 nitrogen and oxygen atoms in total. The van der Waals surface area contributed by atoms with Crippen molar-refractivity contribution in [3.8, 4) is 5.75 Å². The first-order valence-electron chi connectivity index (χ1n) is 7.74. The van der Waals surface area contributed by atoms with Gasteiger partial charge in [0.25, 0.3) is 15.9 Å². The standard InChI is InChI=1S/C15H18N4O5S2/c1-23-11-2-4-12(5-3-11)26(21,22)18-17-14(20)13-10-25-15(16-13)19-6-8-24-9-7-19/h2-5,10,18H,6-9H2,1H3,(H,17,20). The maximum atomic E-state index is 12.2. The summed E-state index contributed by atoms with van der Waals surface area (Å²) in [5.74, 6) is -0.0936.